The summed E-state index contributed by atoms with van der Waals surface area (Å²) in [7, 11) is 1.52. The Morgan fingerprint density at radius 2 is 1.69 bits per heavy atom. The third-order valence-electron chi connectivity index (χ3n) is 6.07. The quantitative estimate of drug-likeness (QED) is 0.188. The van der Waals surface area contributed by atoms with Crippen molar-refractivity contribution in [1.29, 1.82) is 0 Å². The number of nitrogens with zero attached hydrogens (tertiary/aromatic N) is 1. The van der Waals surface area contributed by atoms with Crippen LogP contribution in [0.4, 0.5) is 4.79 Å². The van der Waals surface area contributed by atoms with Crippen molar-refractivity contribution in [1.82, 2.24) is 4.90 Å². The maximum atomic E-state index is 12.9. The number of hydrogen-bond acceptors (Lipinski definition) is 6. The molecule has 0 N–H and O–H groups in total. The van der Waals surface area contributed by atoms with Gasteiger partial charge in [-0.2, -0.15) is 0 Å². The Hall–Kier alpha value is -3.65. The van der Waals surface area contributed by atoms with Crippen LogP contribution in [0.3, 0.4) is 0 Å². The molecule has 0 atom stereocenters. The van der Waals surface area contributed by atoms with Crippen molar-refractivity contribution >= 4 is 63.0 Å². The number of carbonyl (C=O) groups excluding carboxylic acids is 2. The van der Waals surface area contributed by atoms with Crippen molar-refractivity contribution in [2.24, 2.45) is 0 Å². The molecule has 198 valence electrons. The molecule has 0 saturated carbocycles. The second-order valence-corrected chi connectivity index (χ2v) is 10.4. The van der Waals surface area contributed by atoms with E-state index in [0.29, 0.717) is 39.5 Å². The molecule has 2 amide bonds. The Labute approximate surface area is 240 Å². The van der Waals surface area contributed by atoms with E-state index in [2.05, 4.69) is 12.1 Å². The average Bonchev–Trinajstić information content (AvgIpc) is 3.20. The molecule has 0 spiro atoms. The molecule has 5 rings (SSSR count). The number of rotatable bonds is 9. The van der Waals surface area contributed by atoms with E-state index in [1.54, 1.807) is 42.5 Å². The Balaban J connectivity index is 1.28. The van der Waals surface area contributed by atoms with E-state index in [1.165, 1.54) is 7.11 Å². The largest absolute Gasteiger partial charge is 0.493 e. The monoisotopic (exact) mass is 579 g/mol. The third kappa shape index (κ3) is 6.17. The first-order valence-corrected chi connectivity index (χ1v) is 13.6. The summed E-state index contributed by atoms with van der Waals surface area (Å²) in [5.41, 5.74) is 1.63. The van der Waals surface area contributed by atoms with E-state index in [1.807, 2.05) is 30.3 Å². The first kappa shape index (κ1) is 26.9. The van der Waals surface area contributed by atoms with E-state index in [9.17, 15) is 9.59 Å². The smallest absolute Gasteiger partial charge is 0.293 e. The summed E-state index contributed by atoms with van der Waals surface area (Å²) in [6.07, 6.45) is 1.62. The van der Waals surface area contributed by atoms with Crippen LogP contribution in [0.2, 0.25) is 10.0 Å². The summed E-state index contributed by atoms with van der Waals surface area (Å²) < 4.78 is 17.3. The van der Waals surface area contributed by atoms with Crippen LogP contribution in [0, 0.1) is 0 Å². The zero-order chi connectivity index (χ0) is 27.4. The van der Waals surface area contributed by atoms with Crippen LogP contribution < -0.4 is 14.2 Å². The van der Waals surface area contributed by atoms with Gasteiger partial charge in [-0.15, -0.1) is 0 Å². The number of ether oxygens (including phenoxy) is 3. The van der Waals surface area contributed by atoms with Gasteiger partial charge < -0.3 is 14.2 Å². The summed E-state index contributed by atoms with van der Waals surface area (Å²) in [4.78, 5) is 26.9. The summed E-state index contributed by atoms with van der Waals surface area (Å²) in [5.74, 6) is 1.03. The molecule has 0 aromatic heterocycles. The van der Waals surface area contributed by atoms with Crippen LogP contribution in [-0.4, -0.2) is 36.3 Å². The molecule has 1 saturated heterocycles. The molecular weight excluding hydrogens is 557 g/mol. The van der Waals surface area contributed by atoms with Crippen molar-refractivity contribution in [2.45, 2.75) is 6.61 Å². The summed E-state index contributed by atoms with van der Waals surface area (Å²) >= 11 is 13.3. The molecule has 0 radical (unpaired) electrons. The molecule has 0 bridgehead atoms. The zero-order valence-electron chi connectivity index (χ0n) is 20.9. The highest BCUT2D eigenvalue weighted by atomic mass is 35.5. The van der Waals surface area contributed by atoms with Gasteiger partial charge >= 0.3 is 0 Å². The average molecular weight is 580 g/mol. The third-order valence-corrected chi connectivity index (χ3v) is 7.51. The van der Waals surface area contributed by atoms with E-state index < -0.39 is 5.91 Å². The first-order valence-electron chi connectivity index (χ1n) is 12.0. The molecule has 9 heteroatoms. The van der Waals surface area contributed by atoms with Gasteiger partial charge in [-0.05, 0) is 76.1 Å². The minimum atomic E-state index is -0.393. The van der Waals surface area contributed by atoms with Gasteiger partial charge in [-0.25, -0.2) is 0 Å². The lowest BCUT2D eigenvalue weighted by molar-refractivity contribution is -0.123. The topological polar surface area (TPSA) is 65.1 Å². The van der Waals surface area contributed by atoms with Gasteiger partial charge in [0.1, 0.15) is 19.0 Å². The summed E-state index contributed by atoms with van der Waals surface area (Å²) in [5, 5.41) is 2.79. The fraction of sp³-hybridized carbons (Fsp3) is 0.133. The van der Waals surface area contributed by atoms with Crippen LogP contribution in [0.25, 0.3) is 16.8 Å². The molecule has 39 heavy (non-hydrogen) atoms. The van der Waals surface area contributed by atoms with E-state index >= 15 is 0 Å². The minimum Gasteiger partial charge on any atom is -0.493 e. The maximum Gasteiger partial charge on any atom is 0.293 e. The SMILES string of the molecule is COc1cc(/C=C2\SC(=O)N(CCOc3ccc(Cl)cc3)C2=O)cc(Cl)c1OCc1cccc2ccccc12. The van der Waals surface area contributed by atoms with Gasteiger partial charge in [0.05, 0.1) is 23.6 Å². The van der Waals surface area contributed by atoms with E-state index in [-0.39, 0.29) is 23.3 Å². The predicted octanol–water partition coefficient (Wildman–Crippen LogP) is 7.85. The number of halogens is 2. The Morgan fingerprint density at radius 3 is 2.49 bits per heavy atom. The van der Waals surface area contributed by atoms with Gasteiger partial charge in [0.25, 0.3) is 11.1 Å². The molecule has 1 aliphatic heterocycles. The number of thioether (sulfide) groups is 1. The minimum absolute atomic E-state index is 0.121. The number of hydrogen-bond donors (Lipinski definition) is 0. The van der Waals surface area contributed by atoms with Gasteiger partial charge in [0.15, 0.2) is 11.5 Å². The number of amides is 2. The molecule has 1 fully saturated rings. The number of carbonyl (C=O) groups is 2. The lowest BCUT2D eigenvalue weighted by Crippen LogP contribution is -2.32. The molecule has 1 heterocycles. The lowest BCUT2D eigenvalue weighted by Gasteiger charge is -2.15. The molecule has 0 aliphatic carbocycles. The number of imide groups is 1. The van der Waals surface area contributed by atoms with Crippen molar-refractivity contribution in [3.8, 4) is 17.2 Å². The highest BCUT2D eigenvalue weighted by molar-refractivity contribution is 8.18. The summed E-state index contributed by atoms with van der Waals surface area (Å²) in [6, 6.07) is 24.4. The van der Waals surface area contributed by atoms with Crippen LogP contribution in [-0.2, 0) is 11.4 Å². The van der Waals surface area contributed by atoms with Crippen LogP contribution in [0.5, 0.6) is 17.2 Å². The predicted molar refractivity (Wildman–Crippen MR) is 156 cm³/mol. The van der Waals surface area contributed by atoms with E-state index in [0.717, 1.165) is 33.0 Å². The van der Waals surface area contributed by atoms with Crippen molar-refractivity contribution < 1.29 is 23.8 Å². The second-order valence-electron chi connectivity index (χ2n) is 8.60. The maximum absolute atomic E-state index is 12.9. The first-order chi connectivity index (χ1) is 18.9. The molecule has 4 aromatic rings. The molecular formula is C30H23Cl2NO5S. The van der Waals surface area contributed by atoms with Crippen LogP contribution in [0.15, 0.2) is 83.8 Å². The number of fused-ring (bicyclic) bond motifs is 1. The molecule has 6 nitrogen and oxygen atoms in total. The van der Waals surface area contributed by atoms with Gasteiger partial charge in [0.2, 0.25) is 0 Å². The highest BCUT2D eigenvalue weighted by Crippen LogP contribution is 2.39. The van der Waals surface area contributed by atoms with Gasteiger partial charge in [-0.1, -0.05) is 65.7 Å². The highest BCUT2D eigenvalue weighted by Gasteiger charge is 2.35. The van der Waals surface area contributed by atoms with Crippen LogP contribution in [0.1, 0.15) is 11.1 Å². The zero-order valence-corrected chi connectivity index (χ0v) is 23.2. The normalized spacial score (nSPS) is 14.3. The Bertz CT molecular complexity index is 1570. The van der Waals surface area contributed by atoms with Crippen LogP contribution >= 0.6 is 35.0 Å². The number of methoxy groups -OCH3 is 1. The molecule has 4 aromatic carbocycles. The van der Waals surface area contributed by atoms with Gasteiger partial charge in [0, 0.05) is 5.02 Å². The fourth-order valence-corrected chi connectivity index (χ4v) is 5.43. The van der Waals surface area contributed by atoms with Crippen molar-refractivity contribution in [2.75, 3.05) is 20.3 Å². The lowest BCUT2D eigenvalue weighted by atomic mass is 10.1. The number of benzene rings is 4. The van der Waals surface area contributed by atoms with E-state index in [4.69, 9.17) is 37.4 Å². The van der Waals surface area contributed by atoms with Crippen molar-refractivity contribution in [3.05, 3.63) is 105 Å². The molecule has 1 aliphatic rings. The van der Waals surface area contributed by atoms with Gasteiger partial charge in [-0.3, -0.25) is 14.5 Å². The standard InChI is InChI=1S/C30H23Cl2NO5S/c1-36-26-16-19(15-25(32)28(26)38-18-21-7-4-6-20-5-2-3-8-24(20)21)17-27-29(34)33(30(35)39-27)13-14-37-23-11-9-22(31)10-12-23/h2-12,15-17H,13-14,18H2,1H3/b27-17-. The summed E-state index contributed by atoms with van der Waals surface area (Å²) in [6.45, 7) is 0.582. The second kappa shape index (κ2) is 12.0. The fourth-order valence-electron chi connectivity index (χ4n) is 4.16. The molecule has 0 unspecified atom stereocenters. The Morgan fingerprint density at radius 1 is 0.923 bits per heavy atom. The van der Waals surface area contributed by atoms with Crippen molar-refractivity contribution in [3.63, 3.8) is 0 Å². The Kier molecular flexibility index (Phi) is 8.31.